The first-order valence-corrected chi connectivity index (χ1v) is 7.61. The average Bonchev–Trinajstić information content (AvgIpc) is 2.55. The second kappa shape index (κ2) is 8.31. The average molecular weight is 316 g/mol. The van der Waals surface area contributed by atoms with Gasteiger partial charge in [-0.05, 0) is 48.9 Å². The minimum Gasteiger partial charge on any atom is -0.494 e. The molecule has 0 aliphatic rings. The van der Waals surface area contributed by atoms with Crippen molar-refractivity contribution >= 4 is 11.6 Å². The van der Waals surface area contributed by atoms with Crippen LogP contribution in [0.4, 0.5) is 0 Å². The lowest BCUT2D eigenvalue weighted by Crippen LogP contribution is -2.04. The predicted molar refractivity (Wildman–Crippen MR) is 87.5 cm³/mol. The van der Waals surface area contributed by atoms with Crippen LogP contribution in [0.2, 0.25) is 5.02 Å². The summed E-state index contributed by atoms with van der Waals surface area (Å²) in [6, 6.07) is 17.2. The molecule has 2 rings (SSSR count). The second-order valence-electron chi connectivity index (χ2n) is 4.77. The number of halogens is 1. The van der Waals surface area contributed by atoms with Gasteiger partial charge in [0.05, 0.1) is 25.2 Å². The molecule has 0 aliphatic carbocycles. The Morgan fingerprint density at radius 1 is 1.00 bits per heavy atom. The lowest BCUT2D eigenvalue weighted by molar-refractivity contribution is 0.306. The minimum atomic E-state index is -0.192. The van der Waals surface area contributed by atoms with Crippen molar-refractivity contribution in [2.75, 3.05) is 13.2 Å². The fourth-order valence-corrected chi connectivity index (χ4v) is 2.22. The van der Waals surface area contributed by atoms with Gasteiger partial charge in [-0.25, -0.2) is 0 Å². The molecule has 0 radical (unpaired) electrons. The Hall–Kier alpha value is -2.18. The van der Waals surface area contributed by atoms with Gasteiger partial charge in [0.25, 0.3) is 0 Å². The summed E-state index contributed by atoms with van der Waals surface area (Å²) in [5, 5.41) is 10.0. The molecule has 0 saturated heterocycles. The summed E-state index contributed by atoms with van der Waals surface area (Å²) in [6.45, 7) is 3.06. The fourth-order valence-electron chi connectivity index (χ4n) is 2.09. The molecule has 0 heterocycles. The first-order chi connectivity index (χ1) is 10.7. The van der Waals surface area contributed by atoms with E-state index in [0.29, 0.717) is 24.7 Å². The van der Waals surface area contributed by atoms with Gasteiger partial charge in [0, 0.05) is 11.4 Å². The number of hydrogen-bond acceptors (Lipinski definition) is 3. The van der Waals surface area contributed by atoms with E-state index in [1.165, 1.54) is 0 Å². The summed E-state index contributed by atoms with van der Waals surface area (Å²) in [5.74, 6) is 1.39. The van der Waals surface area contributed by atoms with Crippen molar-refractivity contribution in [1.82, 2.24) is 0 Å². The summed E-state index contributed by atoms with van der Waals surface area (Å²) in [5.41, 5.74) is 0.977. The lowest BCUT2D eigenvalue weighted by Gasteiger charge is -2.12. The Morgan fingerprint density at radius 3 is 2.18 bits per heavy atom. The molecule has 0 spiro atoms. The van der Waals surface area contributed by atoms with Gasteiger partial charge in [-0.2, -0.15) is 5.26 Å². The topological polar surface area (TPSA) is 42.2 Å². The van der Waals surface area contributed by atoms with Crippen LogP contribution in [0.3, 0.4) is 0 Å². The monoisotopic (exact) mass is 315 g/mol. The second-order valence-corrected chi connectivity index (χ2v) is 5.21. The summed E-state index contributed by atoms with van der Waals surface area (Å²) in [4.78, 5) is 0. The molecule has 0 amide bonds. The van der Waals surface area contributed by atoms with E-state index in [0.717, 1.165) is 17.1 Å². The Balaban J connectivity index is 1.89. The summed E-state index contributed by atoms with van der Waals surface area (Å²) in [6.07, 6.45) is 0.632. The van der Waals surface area contributed by atoms with Crippen molar-refractivity contribution in [3.05, 3.63) is 59.1 Å². The van der Waals surface area contributed by atoms with Gasteiger partial charge in [0.2, 0.25) is 0 Å². The number of benzene rings is 2. The van der Waals surface area contributed by atoms with Gasteiger partial charge >= 0.3 is 0 Å². The molecule has 2 aromatic carbocycles. The van der Waals surface area contributed by atoms with Crippen molar-refractivity contribution < 1.29 is 9.47 Å². The molecule has 2 aromatic rings. The third-order valence-corrected chi connectivity index (χ3v) is 3.49. The molecular weight excluding hydrogens is 298 g/mol. The standard InChI is InChI=1S/C18H18ClNO2/c1-2-21-17-7-3-14(4-8-17)15(13-20)11-12-22-18-9-5-16(19)6-10-18/h3-10,15H,2,11-12H2,1H3. The minimum absolute atomic E-state index is 0.192. The SMILES string of the molecule is CCOc1ccc(C(C#N)CCOc2ccc(Cl)cc2)cc1. The number of hydrogen-bond donors (Lipinski definition) is 0. The van der Waals surface area contributed by atoms with Crippen LogP contribution in [0, 0.1) is 11.3 Å². The van der Waals surface area contributed by atoms with Crippen LogP contribution in [0.15, 0.2) is 48.5 Å². The number of nitrogens with zero attached hydrogens (tertiary/aromatic N) is 1. The van der Waals surface area contributed by atoms with Crippen LogP contribution in [-0.4, -0.2) is 13.2 Å². The van der Waals surface area contributed by atoms with Crippen molar-refractivity contribution in [2.24, 2.45) is 0 Å². The Labute approximate surface area is 136 Å². The Kier molecular flexibility index (Phi) is 6.12. The normalized spacial score (nSPS) is 11.5. The molecule has 22 heavy (non-hydrogen) atoms. The molecule has 1 unspecified atom stereocenters. The largest absolute Gasteiger partial charge is 0.494 e. The van der Waals surface area contributed by atoms with Gasteiger partial charge in [-0.3, -0.25) is 0 Å². The lowest BCUT2D eigenvalue weighted by atomic mass is 9.97. The van der Waals surface area contributed by atoms with Crippen molar-refractivity contribution in [3.63, 3.8) is 0 Å². The number of ether oxygens (including phenoxy) is 2. The highest BCUT2D eigenvalue weighted by Crippen LogP contribution is 2.23. The zero-order chi connectivity index (χ0) is 15.8. The van der Waals surface area contributed by atoms with E-state index >= 15 is 0 Å². The number of rotatable bonds is 7. The maximum Gasteiger partial charge on any atom is 0.119 e. The zero-order valence-corrected chi connectivity index (χ0v) is 13.2. The van der Waals surface area contributed by atoms with Crippen LogP contribution < -0.4 is 9.47 Å². The van der Waals surface area contributed by atoms with Crippen LogP contribution >= 0.6 is 11.6 Å². The molecule has 0 fully saturated rings. The van der Waals surface area contributed by atoms with E-state index in [-0.39, 0.29) is 5.92 Å². The zero-order valence-electron chi connectivity index (χ0n) is 12.5. The van der Waals surface area contributed by atoms with Crippen molar-refractivity contribution in [2.45, 2.75) is 19.3 Å². The molecule has 0 aliphatic heterocycles. The molecular formula is C18H18ClNO2. The van der Waals surface area contributed by atoms with E-state index in [9.17, 15) is 5.26 Å². The van der Waals surface area contributed by atoms with E-state index in [1.807, 2.05) is 43.3 Å². The van der Waals surface area contributed by atoms with Gasteiger partial charge in [-0.15, -0.1) is 0 Å². The highest BCUT2D eigenvalue weighted by Gasteiger charge is 2.11. The van der Waals surface area contributed by atoms with Gasteiger partial charge in [0.15, 0.2) is 0 Å². The molecule has 0 saturated carbocycles. The van der Waals surface area contributed by atoms with Gasteiger partial charge in [0.1, 0.15) is 11.5 Å². The van der Waals surface area contributed by atoms with Crippen LogP contribution in [0.1, 0.15) is 24.8 Å². The quantitative estimate of drug-likeness (QED) is 0.736. The van der Waals surface area contributed by atoms with E-state index in [2.05, 4.69) is 6.07 Å². The maximum absolute atomic E-state index is 9.33. The van der Waals surface area contributed by atoms with Gasteiger partial charge in [-0.1, -0.05) is 23.7 Å². The van der Waals surface area contributed by atoms with E-state index < -0.39 is 0 Å². The highest BCUT2D eigenvalue weighted by atomic mass is 35.5. The molecule has 0 bridgehead atoms. The molecule has 1 atom stereocenters. The van der Waals surface area contributed by atoms with Crippen molar-refractivity contribution in [3.8, 4) is 17.6 Å². The van der Waals surface area contributed by atoms with Gasteiger partial charge < -0.3 is 9.47 Å². The third kappa shape index (κ3) is 4.68. The Morgan fingerprint density at radius 2 is 1.59 bits per heavy atom. The van der Waals surface area contributed by atoms with Crippen LogP contribution in [-0.2, 0) is 0 Å². The summed E-state index contributed by atoms with van der Waals surface area (Å²) < 4.78 is 11.0. The number of nitriles is 1. The first-order valence-electron chi connectivity index (χ1n) is 7.23. The molecule has 3 nitrogen and oxygen atoms in total. The summed E-state index contributed by atoms with van der Waals surface area (Å²) >= 11 is 5.82. The third-order valence-electron chi connectivity index (χ3n) is 3.24. The Bertz CT molecular complexity index is 617. The summed E-state index contributed by atoms with van der Waals surface area (Å²) in [7, 11) is 0. The molecule has 114 valence electrons. The van der Waals surface area contributed by atoms with Crippen LogP contribution in [0.25, 0.3) is 0 Å². The smallest absolute Gasteiger partial charge is 0.119 e. The highest BCUT2D eigenvalue weighted by molar-refractivity contribution is 6.30. The fraction of sp³-hybridized carbons (Fsp3) is 0.278. The molecule has 0 N–H and O–H groups in total. The van der Waals surface area contributed by atoms with E-state index in [4.69, 9.17) is 21.1 Å². The molecule has 4 heteroatoms. The van der Waals surface area contributed by atoms with E-state index in [1.54, 1.807) is 12.1 Å². The predicted octanol–water partition coefficient (Wildman–Crippen LogP) is 4.81. The molecule has 0 aromatic heterocycles. The van der Waals surface area contributed by atoms with Crippen LogP contribution in [0.5, 0.6) is 11.5 Å². The maximum atomic E-state index is 9.33. The first kappa shape index (κ1) is 16.2. The van der Waals surface area contributed by atoms with Crippen molar-refractivity contribution in [1.29, 1.82) is 5.26 Å².